The zero-order valence-corrected chi connectivity index (χ0v) is 13.2. The van der Waals surface area contributed by atoms with Crippen LogP contribution in [0.1, 0.15) is 12.8 Å². The van der Waals surface area contributed by atoms with Crippen LogP contribution in [-0.2, 0) is 4.79 Å². The van der Waals surface area contributed by atoms with Crippen LogP contribution in [0.5, 0.6) is 0 Å². The van der Waals surface area contributed by atoms with Gasteiger partial charge in [0, 0.05) is 42.1 Å². The molecule has 0 aliphatic heterocycles. The average Bonchev–Trinajstić information content (AvgIpc) is 3.06. The molecule has 1 amide bonds. The molecule has 5 nitrogen and oxygen atoms in total. The molecule has 0 spiro atoms. The molecule has 3 aromatic rings. The second kappa shape index (κ2) is 5.55. The monoisotopic (exact) mass is 346 g/mol. The second-order valence-electron chi connectivity index (χ2n) is 5.80. The van der Waals surface area contributed by atoms with Crippen molar-refractivity contribution in [2.45, 2.75) is 18.8 Å². The first-order valence-corrected chi connectivity index (χ1v) is 8.21. The molecule has 0 unspecified atom stereocenters. The van der Waals surface area contributed by atoms with Gasteiger partial charge >= 0.3 is 0 Å². The number of anilines is 1. The maximum atomic E-state index is 12.9. The third-order valence-corrected chi connectivity index (χ3v) is 4.82. The number of thiazole rings is 1. The molecule has 0 aromatic carbocycles. The molecule has 3 heterocycles. The number of aromatic nitrogens is 3. The summed E-state index contributed by atoms with van der Waals surface area (Å²) in [5.41, 5.74) is 3.36. The smallest absolute Gasteiger partial charge is 0.249 e. The zero-order chi connectivity index (χ0) is 16.7. The van der Waals surface area contributed by atoms with E-state index in [1.165, 1.54) is 11.3 Å². The lowest BCUT2D eigenvalue weighted by Gasteiger charge is -2.33. The minimum Gasteiger partial charge on any atom is -0.310 e. The van der Waals surface area contributed by atoms with E-state index >= 15 is 0 Å². The van der Waals surface area contributed by atoms with E-state index in [0.717, 1.165) is 15.8 Å². The van der Waals surface area contributed by atoms with E-state index in [1.54, 1.807) is 30.2 Å². The van der Waals surface area contributed by atoms with Crippen LogP contribution in [-0.4, -0.2) is 26.8 Å². The molecule has 1 N–H and O–H groups in total. The predicted octanol–water partition coefficient (Wildman–Crippen LogP) is 3.74. The summed E-state index contributed by atoms with van der Waals surface area (Å²) in [6.07, 6.45) is 4.25. The number of hydrogen-bond acceptors (Lipinski definition) is 5. The minimum atomic E-state index is -2.72. The molecule has 4 rings (SSSR count). The number of rotatable bonds is 3. The van der Waals surface area contributed by atoms with Gasteiger partial charge in [-0.25, -0.2) is 13.8 Å². The first-order valence-electron chi connectivity index (χ1n) is 7.33. The quantitative estimate of drug-likeness (QED) is 0.784. The number of halogens is 2. The first-order chi connectivity index (χ1) is 11.5. The number of nitrogens with one attached hydrogen (secondary N) is 1. The zero-order valence-electron chi connectivity index (χ0n) is 12.4. The lowest BCUT2D eigenvalue weighted by atomic mass is 9.81. The van der Waals surface area contributed by atoms with Crippen molar-refractivity contribution in [3.8, 4) is 10.4 Å². The highest BCUT2D eigenvalue weighted by Gasteiger charge is 2.48. The maximum Gasteiger partial charge on any atom is 0.249 e. The second-order valence-corrected chi connectivity index (χ2v) is 6.69. The number of alkyl halides is 2. The molecule has 0 bridgehead atoms. The van der Waals surface area contributed by atoms with E-state index in [0.29, 0.717) is 11.3 Å². The van der Waals surface area contributed by atoms with Gasteiger partial charge in [-0.1, -0.05) is 0 Å². The van der Waals surface area contributed by atoms with Gasteiger partial charge in [0.2, 0.25) is 11.8 Å². The number of nitrogens with zero attached hydrogens (tertiary/aromatic N) is 3. The Labute approximate surface area is 139 Å². The number of carbonyl (C=O) groups excluding carboxylic acids is 1. The third kappa shape index (κ3) is 2.84. The fourth-order valence-electron chi connectivity index (χ4n) is 2.67. The number of hydrogen-bond donors (Lipinski definition) is 1. The van der Waals surface area contributed by atoms with Gasteiger partial charge in [0.25, 0.3) is 0 Å². The molecule has 24 heavy (non-hydrogen) atoms. The van der Waals surface area contributed by atoms with Crippen LogP contribution in [0.15, 0.2) is 36.2 Å². The van der Waals surface area contributed by atoms with Gasteiger partial charge in [0.1, 0.15) is 5.82 Å². The number of pyridine rings is 2. The van der Waals surface area contributed by atoms with Gasteiger partial charge in [0.15, 0.2) is 0 Å². The summed E-state index contributed by atoms with van der Waals surface area (Å²) >= 11 is 1.51. The van der Waals surface area contributed by atoms with Crippen LogP contribution in [0.2, 0.25) is 0 Å². The van der Waals surface area contributed by atoms with Crippen molar-refractivity contribution in [1.29, 1.82) is 0 Å². The van der Waals surface area contributed by atoms with Gasteiger partial charge in [-0.05, 0) is 12.1 Å². The van der Waals surface area contributed by atoms with Crippen molar-refractivity contribution < 1.29 is 13.6 Å². The normalized spacial score (nSPS) is 16.8. The highest BCUT2D eigenvalue weighted by atomic mass is 32.1. The lowest BCUT2D eigenvalue weighted by Crippen LogP contribution is -2.42. The van der Waals surface area contributed by atoms with E-state index in [2.05, 4.69) is 20.3 Å². The van der Waals surface area contributed by atoms with Crippen molar-refractivity contribution >= 4 is 34.0 Å². The standard InChI is InChI=1S/C16H12F2N4OS/c17-16(18)3-11(4-16)15(23)22-14-2-9-1-10(13-7-19-8-24-13)5-20-12(9)6-21-14/h1-2,5-8,11H,3-4H2,(H,21,22,23). The Morgan fingerprint density at radius 1 is 1.21 bits per heavy atom. The Morgan fingerprint density at radius 2 is 2.04 bits per heavy atom. The van der Waals surface area contributed by atoms with Crippen LogP contribution in [0.3, 0.4) is 0 Å². The van der Waals surface area contributed by atoms with E-state index < -0.39 is 30.6 Å². The van der Waals surface area contributed by atoms with E-state index in [4.69, 9.17) is 0 Å². The lowest BCUT2D eigenvalue weighted by molar-refractivity contribution is -0.145. The highest BCUT2D eigenvalue weighted by molar-refractivity contribution is 7.13. The minimum absolute atomic E-state index is 0.339. The fraction of sp³-hybridized carbons (Fsp3) is 0.250. The number of fused-ring (bicyclic) bond motifs is 1. The summed E-state index contributed by atoms with van der Waals surface area (Å²) in [4.78, 5) is 25.5. The Hall–Kier alpha value is -2.48. The number of carbonyl (C=O) groups is 1. The first kappa shape index (κ1) is 15.1. The van der Waals surface area contributed by atoms with Crippen molar-refractivity contribution in [2.75, 3.05) is 5.32 Å². The molecule has 8 heteroatoms. The SMILES string of the molecule is O=C(Nc1cc2cc(-c3cncs3)cnc2cn1)C1CC(F)(F)C1. The molecular weight excluding hydrogens is 334 g/mol. The summed E-state index contributed by atoms with van der Waals surface area (Å²) in [5, 5.41) is 3.42. The largest absolute Gasteiger partial charge is 0.310 e. The van der Waals surface area contributed by atoms with Crippen molar-refractivity contribution in [3.05, 3.63) is 36.2 Å². The topological polar surface area (TPSA) is 67.8 Å². The fourth-order valence-corrected chi connectivity index (χ4v) is 3.27. The molecule has 0 atom stereocenters. The molecule has 1 aliphatic rings. The van der Waals surface area contributed by atoms with Gasteiger partial charge in [-0.15, -0.1) is 11.3 Å². The van der Waals surface area contributed by atoms with Gasteiger partial charge in [-0.3, -0.25) is 14.8 Å². The summed E-state index contributed by atoms with van der Waals surface area (Å²) in [6, 6.07) is 3.63. The van der Waals surface area contributed by atoms with Crippen molar-refractivity contribution in [1.82, 2.24) is 15.0 Å². The summed E-state index contributed by atoms with van der Waals surface area (Å²) in [7, 11) is 0. The van der Waals surface area contributed by atoms with Crippen LogP contribution in [0.25, 0.3) is 21.3 Å². The molecule has 1 aliphatic carbocycles. The maximum absolute atomic E-state index is 12.9. The van der Waals surface area contributed by atoms with E-state index in [1.807, 2.05) is 6.07 Å². The molecule has 0 saturated heterocycles. The molecule has 3 aromatic heterocycles. The molecular formula is C16H12F2N4OS. The Kier molecular flexibility index (Phi) is 3.49. The number of amides is 1. The average molecular weight is 346 g/mol. The van der Waals surface area contributed by atoms with Crippen LogP contribution in [0, 0.1) is 5.92 Å². The van der Waals surface area contributed by atoms with E-state index in [9.17, 15) is 13.6 Å². The Morgan fingerprint density at radius 3 is 2.75 bits per heavy atom. The summed E-state index contributed by atoms with van der Waals surface area (Å²) < 4.78 is 25.7. The van der Waals surface area contributed by atoms with Crippen LogP contribution < -0.4 is 5.32 Å². The van der Waals surface area contributed by atoms with Crippen LogP contribution >= 0.6 is 11.3 Å². The van der Waals surface area contributed by atoms with Gasteiger partial charge in [-0.2, -0.15) is 0 Å². The summed E-state index contributed by atoms with van der Waals surface area (Å²) in [6.45, 7) is 0. The summed E-state index contributed by atoms with van der Waals surface area (Å²) in [5.74, 6) is -3.45. The molecule has 0 radical (unpaired) electrons. The highest BCUT2D eigenvalue weighted by Crippen LogP contribution is 2.42. The predicted molar refractivity (Wildman–Crippen MR) is 86.9 cm³/mol. The van der Waals surface area contributed by atoms with Crippen LogP contribution in [0.4, 0.5) is 14.6 Å². The third-order valence-electron chi connectivity index (χ3n) is 4.00. The van der Waals surface area contributed by atoms with Crippen molar-refractivity contribution in [2.24, 2.45) is 5.92 Å². The molecule has 1 fully saturated rings. The van der Waals surface area contributed by atoms with Gasteiger partial charge < -0.3 is 5.32 Å². The van der Waals surface area contributed by atoms with E-state index in [-0.39, 0.29) is 0 Å². The van der Waals surface area contributed by atoms with Crippen molar-refractivity contribution in [3.63, 3.8) is 0 Å². The Bertz CT molecular complexity index is 906. The Balaban J connectivity index is 1.57. The molecule has 1 saturated carbocycles. The molecule has 122 valence electrons. The van der Waals surface area contributed by atoms with Gasteiger partial charge in [0.05, 0.1) is 22.1 Å².